The zero-order chi connectivity index (χ0) is 20.3. The lowest BCUT2D eigenvalue weighted by atomic mass is 10.0. The maximum atomic E-state index is 13.0. The summed E-state index contributed by atoms with van der Waals surface area (Å²) in [4.78, 5) is 13.0. The standard InChI is InChI=1S/C22H25N3O2S/c1-6-25-21(17-9-11-18(27-5)12-10-17)23-24-22(25)28-16(4)20(26)19-13-14(2)7-8-15(19)3/h7-13,16H,6H2,1-5H3. The van der Waals surface area contributed by atoms with Crippen LogP contribution in [0.2, 0.25) is 0 Å². The lowest BCUT2D eigenvalue weighted by Crippen LogP contribution is -2.16. The van der Waals surface area contributed by atoms with Crippen LogP contribution in [0, 0.1) is 13.8 Å². The Labute approximate surface area is 170 Å². The number of rotatable bonds is 7. The lowest BCUT2D eigenvalue weighted by Gasteiger charge is -2.13. The monoisotopic (exact) mass is 395 g/mol. The van der Waals surface area contributed by atoms with Crippen molar-refractivity contribution in [2.75, 3.05) is 7.11 Å². The van der Waals surface area contributed by atoms with Gasteiger partial charge in [0.2, 0.25) is 0 Å². The molecule has 1 unspecified atom stereocenters. The first-order valence-electron chi connectivity index (χ1n) is 9.30. The zero-order valence-electron chi connectivity index (χ0n) is 16.9. The first-order valence-corrected chi connectivity index (χ1v) is 10.2. The summed E-state index contributed by atoms with van der Waals surface area (Å²) in [5.74, 6) is 1.70. The molecule has 0 amide bonds. The largest absolute Gasteiger partial charge is 0.497 e. The third-order valence-corrected chi connectivity index (χ3v) is 5.77. The Bertz CT molecular complexity index is 980. The van der Waals surface area contributed by atoms with E-state index in [0.29, 0.717) is 0 Å². The highest BCUT2D eigenvalue weighted by Gasteiger charge is 2.22. The summed E-state index contributed by atoms with van der Waals surface area (Å²) in [6.07, 6.45) is 0. The van der Waals surface area contributed by atoms with E-state index in [1.54, 1.807) is 7.11 Å². The molecule has 0 spiro atoms. The number of hydrogen-bond acceptors (Lipinski definition) is 5. The molecule has 0 saturated heterocycles. The number of ketones is 1. The van der Waals surface area contributed by atoms with Crippen LogP contribution in [0.4, 0.5) is 0 Å². The molecule has 3 rings (SSSR count). The van der Waals surface area contributed by atoms with Crippen molar-refractivity contribution in [3.63, 3.8) is 0 Å². The van der Waals surface area contributed by atoms with Crippen molar-refractivity contribution < 1.29 is 9.53 Å². The molecule has 28 heavy (non-hydrogen) atoms. The Morgan fingerprint density at radius 3 is 2.50 bits per heavy atom. The van der Waals surface area contributed by atoms with Crippen molar-refractivity contribution in [1.82, 2.24) is 14.8 Å². The van der Waals surface area contributed by atoms with E-state index >= 15 is 0 Å². The number of Topliss-reactive ketones (excluding diaryl/α,β-unsaturated/α-hetero) is 1. The van der Waals surface area contributed by atoms with Crippen molar-refractivity contribution in [3.05, 3.63) is 59.2 Å². The number of aryl methyl sites for hydroxylation is 2. The van der Waals surface area contributed by atoms with Crippen LogP contribution in [0.3, 0.4) is 0 Å². The molecule has 146 valence electrons. The number of ether oxygens (including phenoxy) is 1. The molecule has 6 heteroatoms. The number of nitrogens with zero attached hydrogens (tertiary/aromatic N) is 3. The van der Waals surface area contributed by atoms with Gasteiger partial charge in [0.05, 0.1) is 12.4 Å². The minimum absolute atomic E-state index is 0.114. The van der Waals surface area contributed by atoms with Crippen LogP contribution in [-0.4, -0.2) is 32.9 Å². The van der Waals surface area contributed by atoms with Crippen molar-refractivity contribution in [1.29, 1.82) is 0 Å². The van der Waals surface area contributed by atoms with Gasteiger partial charge in [-0.15, -0.1) is 10.2 Å². The summed E-state index contributed by atoms with van der Waals surface area (Å²) >= 11 is 1.45. The summed E-state index contributed by atoms with van der Waals surface area (Å²) in [6, 6.07) is 13.7. The van der Waals surface area contributed by atoms with E-state index in [4.69, 9.17) is 4.74 Å². The van der Waals surface area contributed by atoms with Crippen molar-refractivity contribution in [2.24, 2.45) is 0 Å². The summed E-state index contributed by atoms with van der Waals surface area (Å²) in [5.41, 5.74) is 3.83. The second kappa shape index (κ2) is 8.61. The molecule has 3 aromatic rings. The minimum atomic E-state index is -0.251. The van der Waals surface area contributed by atoms with Crippen LogP contribution in [0.25, 0.3) is 11.4 Å². The number of benzene rings is 2. The first kappa shape index (κ1) is 20.1. The molecular formula is C22H25N3O2S. The van der Waals surface area contributed by atoms with Gasteiger partial charge in [0.25, 0.3) is 0 Å². The number of carbonyl (C=O) groups excluding carboxylic acids is 1. The summed E-state index contributed by atoms with van der Waals surface area (Å²) in [6.45, 7) is 8.68. The van der Waals surface area contributed by atoms with Gasteiger partial charge in [-0.1, -0.05) is 29.5 Å². The smallest absolute Gasteiger partial charge is 0.192 e. The van der Waals surface area contributed by atoms with E-state index in [-0.39, 0.29) is 11.0 Å². The third-order valence-electron chi connectivity index (χ3n) is 4.69. The van der Waals surface area contributed by atoms with Crippen molar-refractivity contribution in [3.8, 4) is 17.1 Å². The zero-order valence-corrected chi connectivity index (χ0v) is 17.7. The van der Waals surface area contributed by atoms with Gasteiger partial charge < -0.3 is 9.30 Å². The maximum Gasteiger partial charge on any atom is 0.192 e. The van der Waals surface area contributed by atoms with Crippen LogP contribution >= 0.6 is 11.8 Å². The fourth-order valence-corrected chi connectivity index (χ4v) is 4.03. The van der Waals surface area contributed by atoms with E-state index in [2.05, 4.69) is 17.1 Å². The number of hydrogen-bond donors (Lipinski definition) is 0. The number of thioether (sulfide) groups is 1. The van der Waals surface area contributed by atoms with Crippen LogP contribution in [0.15, 0.2) is 47.6 Å². The molecule has 0 saturated carbocycles. The quantitative estimate of drug-likeness (QED) is 0.418. The van der Waals surface area contributed by atoms with Crippen LogP contribution < -0.4 is 4.74 Å². The van der Waals surface area contributed by atoms with Crippen LogP contribution in [-0.2, 0) is 6.54 Å². The van der Waals surface area contributed by atoms with E-state index in [1.165, 1.54) is 11.8 Å². The normalized spacial score (nSPS) is 12.0. The van der Waals surface area contributed by atoms with Crippen LogP contribution in [0.1, 0.15) is 35.3 Å². The van der Waals surface area contributed by atoms with Gasteiger partial charge in [-0.2, -0.15) is 0 Å². The molecule has 1 heterocycles. The molecule has 0 bridgehead atoms. The first-order chi connectivity index (χ1) is 13.4. The number of methoxy groups -OCH3 is 1. The third kappa shape index (κ3) is 4.12. The van der Waals surface area contributed by atoms with Crippen molar-refractivity contribution in [2.45, 2.75) is 44.6 Å². The fourth-order valence-electron chi connectivity index (χ4n) is 3.05. The molecule has 0 aliphatic rings. The van der Waals surface area contributed by atoms with Gasteiger partial charge in [0, 0.05) is 17.7 Å². The Balaban J connectivity index is 1.85. The highest BCUT2D eigenvalue weighted by atomic mass is 32.2. The topological polar surface area (TPSA) is 57.0 Å². The number of carbonyl (C=O) groups is 1. The minimum Gasteiger partial charge on any atom is -0.497 e. The second-order valence-electron chi connectivity index (χ2n) is 6.72. The van der Waals surface area contributed by atoms with Gasteiger partial charge in [-0.3, -0.25) is 4.79 Å². The Morgan fingerprint density at radius 1 is 1.14 bits per heavy atom. The average Bonchev–Trinajstić information content (AvgIpc) is 3.11. The Hall–Kier alpha value is -2.60. The Morgan fingerprint density at radius 2 is 1.86 bits per heavy atom. The molecule has 0 radical (unpaired) electrons. The maximum absolute atomic E-state index is 13.0. The van der Waals surface area contributed by atoms with Gasteiger partial charge in [-0.25, -0.2) is 0 Å². The van der Waals surface area contributed by atoms with Gasteiger partial charge in [0.1, 0.15) is 5.75 Å². The van der Waals surface area contributed by atoms with Gasteiger partial charge >= 0.3 is 0 Å². The van der Waals surface area contributed by atoms with E-state index in [1.807, 2.05) is 67.8 Å². The molecule has 0 N–H and O–H groups in total. The molecule has 5 nitrogen and oxygen atoms in total. The lowest BCUT2D eigenvalue weighted by molar-refractivity contribution is 0.0993. The van der Waals surface area contributed by atoms with E-state index in [9.17, 15) is 4.79 Å². The fraction of sp³-hybridized carbons (Fsp3) is 0.318. The van der Waals surface area contributed by atoms with E-state index < -0.39 is 0 Å². The SMILES string of the molecule is CCn1c(SC(C)C(=O)c2cc(C)ccc2C)nnc1-c1ccc(OC)cc1. The second-order valence-corrected chi connectivity index (χ2v) is 8.03. The Kier molecular flexibility index (Phi) is 6.19. The summed E-state index contributed by atoms with van der Waals surface area (Å²) in [7, 11) is 1.65. The molecule has 0 fully saturated rings. The molecule has 0 aliphatic heterocycles. The van der Waals surface area contributed by atoms with Gasteiger partial charge in [-0.05, 0) is 63.6 Å². The molecule has 1 atom stereocenters. The average molecular weight is 396 g/mol. The van der Waals surface area contributed by atoms with Crippen LogP contribution in [0.5, 0.6) is 5.75 Å². The molecule has 0 aliphatic carbocycles. The molecule has 1 aromatic heterocycles. The van der Waals surface area contributed by atoms with Gasteiger partial charge in [0.15, 0.2) is 16.8 Å². The highest BCUT2D eigenvalue weighted by Crippen LogP contribution is 2.29. The van der Waals surface area contributed by atoms with E-state index in [0.717, 1.165) is 45.5 Å². The summed E-state index contributed by atoms with van der Waals surface area (Å²) in [5, 5.41) is 9.22. The number of aromatic nitrogens is 3. The predicted octanol–water partition coefficient (Wildman–Crippen LogP) is 4.95. The molecular weight excluding hydrogens is 370 g/mol. The highest BCUT2D eigenvalue weighted by molar-refractivity contribution is 8.00. The predicted molar refractivity (Wildman–Crippen MR) is 113 cm³/mol. The molecule has 2 aromatic carbocycles. The van der Waals surface area contributed by atoms with Crippen molar-refractivity contribution >= 4 is 17.5 Å². The summed E-state index contributed by atoms with van der Waals surface area (Å²) < 4.78 is 7.26.